The van der Waals surface area contributed by atoms with E-state index in [-0.39, 0.29) is 5.91 Å². The minimum absolute atomic E-state index is 0.0504. The Morgan fingerprint density at radius 1 is 1.26 bits per heavy atom. The molecule has 1 aromatic rings. The van der Waals surface area contributed by atoms with Crippen molar-refractivity contribution in [2.24, 2.45) is 5.92 Å². The van der Waals surface area contributed by atoms with Gasteiger partial charge in [0.1, 0.15) is 0 Å². The summed E-state index contributed by atoms with van der Waals surface area (Å²) in [5.41, 5.74) is 7.00. The molecule has 1 aliphatic heterocycles. The van der Waals surface area contributed by atoms with Gasteiger partial charge in [-0.3, -0.25) is 4.79 Å². The lowest BCUT2D eigenvalue weighted by Crippen LogP contribution is -2.39. The summed E-state index contributed by atoms with van der Waals surface area (Å²) < 4.78 is 0. The summed E-state index contributed by atoms with van der Waals surface area (Å²) >= 11 is 5.98. The van der Waals surface area contributed by atoms with Crippen LogP contribution in [-0.4, -0.2) is 23.4 Å². The van der Waals surface area contributed by atoms with Crippen molar-refractivity contribution < 1.29 is 4.79 Å². The van der Waals surface area contributed by atoms with E-state index in [4.69, 9.17) is 17.3 Å². The molecule has 0 spiro atoms. The molecule has 1 aromatic carbocycles. The van der Waals surface area contributed by atoms with Crippen molar-refractivity contribution in [3.8, 4) is 0 Å². The first-order valence-corrected chi connectivity index (χ1v) is 7.40. The highest BCUT2D eigenvalue weighted by molar-refractivity contribution is 6.31. The molecule has 1 aliphatic carbocycles. The van der Waals surface area contributed by atoms with Gasteiger partial charge >= 0.3 is 0 Å². The summed E-state index contributed by atoms with van der Waals surface area (Å²) in [5.74, 6) is 0.743. The number of nitrogen functional groups attached to an aromatic ring is 1. The summed E-state index contributed by atoms with van der Waals surface area (Å²) in [4.78, 5) is 14.7. The predicted octanol–water partition coefficient (Wildman–Crippen LogP) is 3.33. The second-order valence-electron chi connectivity index (χ2n) is 5.63. The summed E-state index contributed by atoms with van der Waals surface area (Å²) in [5, 5.41) is 0.567. The van der Waals surface area contributed by atoms with E-state index in [1.807, 2.05) is 4.90 Å². The van der Waals surface area contributed by atoms with Crippen LogP contribution in [0.25, 0.3) is 0 Å². The topological polar surface area (TPSA) is 46.3 Å². The molecule has 1 saturated heterocycles. The molecule has 0 radical (unpaired) electrons. The van der Waals surface area contributed by atoms with Crippen LogP contribution in [0, 0.1) is 5.92 Å². The maximum absolute atomic E-state index is 12.7. The largest absolute Gasteiger partial charge is 0.398 e. The molecule has 0 aromatic heterocycles. The lowest BCUT2D eigenvalue weighted by molar-refractivity contribution is 0.0691. The van der Waals surface area contributed by atoms with Gasteiger partial charge in [0, 0.05) is 23.3 Å². The van der Waals surface area contributed by atoms with Gasteiger partial charge in [-0.15, -0.1) is 0 Å². The zero-order chi connectivity index (χ0) is 13.4. The van der Waals surface area contributed by atoms with Gasteiger partial charge < -0.3 is 10.6 Å². The van der Waals surface area contributed by atoms with Crippen molar-refractivity contribution in [3.05, 3.63) is 28.8 Å². The molecule has 4 heteroatoms. The first-order valence-electron chi connectivity index (χ1n) is 7.03. The van der Waals surface area contributed by atoms with E-state index in [1.54, 1.807) is 18.2 Å². The first-order chi connectivity index (χ1) is 9.16. The number of halogens is 1. The zero-order valence-corrected chi connectivity index (χ0v) is 11.7. The van der Waals surface area contributed by atoms with Crippen LogP contribution in [0.5, 0.6) is 0 Å². The third-order valence-electron chi connectivity index (χ3n) is 4.52. The Morgan fingerprint density at radius 2 is 2.05 bits per heavy atom. The molecule has 1 saturated carbocycles. The van der Waals surface area contributed by atoms with Crippen molar-refractivity contribution in [1.29, 1.82) is 0 Å². The Hall–Kier alpha value is -1.22. The molecule has 3 rings (SSSR count). The smallest absolute Gasteiger partial charge is 0.256 e. The molecular formula is C15H19ClN2O. The average molecular weight is 279 g/mol. The average Bonchev–Trinajstić information content (AvgIpc) is 2.84. The molecule has 19 heavy (non-hydrogen) atoms. The van der Waals surface area contributed by atoms with Crippen LogP contribution in [0.3, 0.4) is 0 Å². The number of anilines is 1. The number of likely N-dealkylation sites (tertiary alicyclic amines) is 1. The van der Waals surface area contributed by atoms with E-state index in [0.29, 0.717) is 28.2 Å². The molecule has 1 heterocycles. The number of benzene rings is 1. The van der Waals surface area contributed by atoms with Gasteiger partial charge in [0.05, 0.1) is 5.56 Å². The quantitative estimate of drug-likeness (QED) is 0.801. The minimum atomic E-state index is 0.0504. The van der Waals surface area contributed by atoms with E-state index >= 15 is 0 Å². The van der Waals surface area contributed by atoms with Crippen LogP contribution in [-0.2, 0) is 0 Å². The van der Waals surface area contributed by atoms with Crippen molar-refractivity contribution in [2.75, 3.05) is 12.3 Å². The van der Waals surface area contributed by atoms with Crippen molar-refractivity contribution in [2.45, 2.75) is 38.1 Å². The molecular weight excluding hydrogens is 260 g/mol. The number of nitrogens with two attached hydrogens (primary N) is 1. The van der Waals surface area contributed by atoms with E-state index in [0.717, 1.165) is 19.4 Å². The Balaban J connectivity index is 1.85. The third-order valence-corrected chi connectivity index (χ3v) is 4.75. The van der Waals surface area contributed by atoms with Gasteiger partial charge in [-0.2, -0.15) is 0 Å². The van der Waals surface area contributed by atoms with Crippen LogP contribution in [0.2, 0.25) is 5.02 Å². The highest BCUT2D eigenvalue weighted by Crippen LogP contribution is 2.37. The van der Waals surface area contributed by atoms with Crippen LogP contribution in [0.1, 0.15) is 42.5 Å². The summed E-state index contributed by atoms with van der Waals surface area (Å²) in [7, 11) is 0. The van der Waals surface area contributed by atoms with Gasteiger partial charge in [0.25, 0.3) is 5.91 Å². The number of rotatable bonds is 1. The standard InChI is InChI=1S/C15H19ClN2O/c16-11-5-6-13(17)12(9-11)15(19)18-8-7-10-3-1-2-4-14(10)18/h5-6,9-10,14H,1-4,7-8,17H2. The molecule has 2 N–H and O–H groups in total. The van der Waals surface area contributed by atoms with Gasteiger partial charge in [-0.05, 0) is 43.4 Å². The molecule has 2 aliphatic rings. The van der Waals surface area contributed by atoms with E-state index < -0.39 is 0 Å². The zero-order valence-electron chi connectivity index (χ0n) is 10.9. The first kappa shape index (κ1) is 12.8. The molecule has 1 amide bonds. The fourth-order valence-electron chi connectivity index (χ4n) is 3.53. The van der Waals surface area contributed by atoms with Crippen LogP contribution < -0.4 is 5.73 Å². The number of hydrogen-bond acceptors (Lipinski definition) is 2. The van der Waals surface area contributed by atoms with E-state index in [1.165, 1.54) is 19.3 Å². The number of amides is 1. The summed E-state index contributed by atoms with van der Waals surface area (Å²) in [6.07, 6.45) is 6.08. The van der Waals surface area contributed by atoms with Crippen molar-refractivity contribution >= 4 is 23.2 Å². The normalized spacial score (nSPS) is 26.3. The second kappa shape index (κ2) is 5.04. The number of carbonyl (C=O) groups is 1. The lowest BCUT2D eigenvalue weighted by Gasteiger charge is -2.32. The highest BCUT2D eigenvalue weighted by Gasteiger charge is 2.38. The summed E-state index contributed by atoms with van der Waals surface area (Å²) in [6, 6.07) is 5.54. The van der Waals surface area contributed by atoms with Gasteiger partial charge in [0.2, 0.25) is 0 Å². The van der Waals surface area contributed by atoms with Gasteiger partial charge in [-0.25, -0.2) is 0 Å². The number of hydrogen-bond donors (Lipinski definition) is 1. The number of carbonyl (C=O) groups excluding carboxylic acids is 1. The number of fused-ring (bicyclic) bond motifs is 1. The number of nitrogens with zero attached hydrogens (tertiary/aromatic N) is 1. The van der Waals surface area contributed by atoms with Crippen molar-refractivity contribution in [1.82, 2.24) is 4.90 Å². The van der Waals surface area contributed by atoms with Crippen molar-refractivity contribution in [3.63, 3.8) is 0 Å². The Bertz CT molecular complexity index is 503. The minimum Gasteiger partial charge on any atom is -0.398 e. The lowest BCUT2D eigenvalue weighted by atomic mass is 9.85. The third kappa shape index (κ3) is 2.32. The molecule has 2 fully saturated rings. The summed E-state index contributed by atoms with van der Waals surface area (Å²) in [6.45, 7) is 0.861. The monoisotopic (exact) mass is 278 g/mol. The maximum Gasteiger partial charge on any atom is 0.256 e. The Kier molecular flexibility index (Phi) is 3.40. The predicted molar refractivity (Wildman–Crippen MR) is 77.3 cm³/mol. The molecule has 3 nitrogen and oxygen atoms in total. The molecule has 2 unspecified atom stereocenters. The van der Waals surface area contributed by atoms with E-state index in [9.17, 15) is 4.79 Å². The molecule has 2 atom stereocenters. The Labute approximate surface area is 118 Å². The maximum atomic E-state index is 12.7. The highest BCUT2D eigenvalue weighted by atomic mass is 35.5. The van der Waals surface area contributed by atoms with Crippen LogP contribution in [0.4, 0.5) is 5.69 Å². The SMILES string of the molecule is Nc1ccc(Cl)cc1C(=O)N1CCC2CCCCC21. The molecule has 102 valence electrons. The Morgan fingerprint density at radius 3 is 2.89 bits per heavy atom. The second-order valence-corrected chi connectivity index (χ2v) is 6.07. The molecule has 0 bridgehead atoms. The van der Waals surface area contributed by atoms with Gasteiger partial charge in [-0.1, -0.05) is 24.4 Å². The van der Waals surface area contributed by atoms with E-state index in [2.05, 4.69) is 0 Å². The fourth-order valence-corrected chi connectivity index (χ4v) is 3.70. The van der Waals surface area contributed by atoms with Gasteiger partial charge in [0.15, 0.2) is 0 Å². The van der Waals surface area contributed by atoms with Crippen LogP contribution >= 0.6 is 11.6 Å². The fraction of sp³-hybridized carbons (Fsp3) is 0.533. The van der Waals surface area contributed by atoms with Crippen LogP contribution in [0.15, 0.2) is 18.2 Å².